The minimum Gasteiger partial charge on any atom is -0.489 e. The third-order valence-corrected chi connectivity index (χ3v) is 4.54. The summed E-state index contributed by atoms with van der Waals surface area (Å²) in [7, 11) is 0. The third-order valence-electron chi connectivity index (χ3n) is 3.09. The van der Waals surface area contributed by atoms with Gasteiger partial charge >= 0.3 is 5.97 Å². The van der Waals surface area contributed by atoms with Crippen LogP contribution in [0, 0.1) is 0 Å². The first-order valence-electron chi connectivity index (χ1n) is 6.27. The van der Waals surface area contributed by atoms with E-state index in [1.807, 2.05) is 24.3 Å². The highest BCUT2D eigenvalue weighted by atomic mass is 35.5. The molecule has 0 atom stereocenters. The van der Waals surface area contributed by atoms with Crippen molar-refractivity contribution in [1.29, 1.82) is 0 Å². The second-order valence-electron chi connectivity index (χ2n) is 4.45. The van der Waals surface area contributed by atoms with E-state index in [0.717, 1.165) is 10.1 Å². The maximum Gasteiger partial charge on any atom is 0.346 e. The van der Waals surface area contributed by atoms with Crippen LogP contribution in [0.1, 0.15) is 15.2 Å². The average Bonchev–Trinajstić information content (AvgIpc) is 2.86. The Kier molecular flexibility index (Phi) is 3.82. The number of hydrogen-bond donors (Lipinski definition) is 1. The molecule has 0 fully saturated rings. The molecule has 5 heteroatoms. The van der Waals surface area contributed by atoms with E-state index in [0.29, 0.717) is 21.2 Å². The van der Waals surface area contributed by atoms with Gasteiger partial charge in [0.25, 0.3) is 0 Å². The van der Waals surface area contributed by atoms with Crippen LogP contribution in [0.25, 0.3) is 10.1 Å². The molecule has 1 N–H and O–H groups in total. The van der Waals surface area contributed by atoms with Crippen molar-refractivity contribution in [3.05, 3.63) is 64.0 Å². The summed E-state index contributed by atoms with van der Waals surface area (Å²) in [6, 6.07) is 14.6. The molecule has 2 aromatic carbocycles. The van der Waals surface area contributed by atoms with E-state index in [4.69, 9.17) is 16.3 Å². The second kappa shape index (κ2) is 5.76. The van der Waals surface area contributed by atoms with Crippen LogP contribution in [0.4, 0.5) is 0 Å². The topological polar surface area (TPSA) is 46.5 Å². The Balaban J connectivity index is 1.93. The highest BCUT2D eigenvalue weighted by Gasteiger charge is 2.17. The highest BCUT2D eigenvalue weighted by Crippen LogP contribution is 2.32. The summed E-state index contributed by atoms with van der Waals surface area (Å²) in [6.45, 7) is 0.216. The van der Waals surface area contributed by atoms with Crippen LogP contribution in [0.5, 0.6) is 5.75 Å². The van der Waals surface area contributed by atoms with E-state index in [-0.39, 0.29) is 6.61 Å². The lowest BCUT2D eigenvalue weighted by Gasteiger charge is -2.06. The molecular formula is C16H11ClO3S. The van der Waals surface area contributed by atoms with Crippen LogP contribution >= 0.6 is 22.9 Å². The zero-order chi connectivity index (χ0) is 14.8. The van der Waals surface area contributed by atoms with Crippen molar-refractivity contribution < 1.29 is 14.6 Å². The Morgan fingerprint density at radius 3 is 2.57 bits per heavy atom. The standard InChI is InChI=1S/C16H11ClO3S/c17-10-5-7-11(8-6-10)20-9-13-12-3-1-2-4-14(12)21-15(13)16(18)19/h1-8H,9H2,(H,18,19). The summed E-state index contributed by atoms with van der Waals surface area (Å²) in [5.74, 6) is -0.267. The molecule has 3 rings (SSSR count). The number of thiophene rings is 1. The SMILES string of the molecule is O=C(O)c1sc2ccccc2c1COc1ccc(Cl)cc1. The Morgan fingerprint density at radius 2 is 1.86 bits per heavy atom. The van der Waals surface area contributed by atoms with Gasteiger partial charge in [0.15, 0.2) is 0 Å². The summed E-state index contributed by atoms with van der Waals surface area (Å²) in [4.78, 5) is 11.7. The predicted octanol–water partition coefficient (Wildman–Crippen LogP) is 4.83. The number of ether oxygens (including phenoxy) is 1. The van der Waals surface area contributed by atoms with Crippen molar-refractivity contribution in [2.24, 2.45) is 0 Å². The van der Waals surface area contributed by atoms with Crippen LogP contribution in [-0.4, -0.2) is 11.1 Å². The highest BCUT2D eigenvalue weighted by molar-refractivity contribution is 7.21. The molecule has 3 nitrogen and oxygen atoms in total. The Bertz CT molecular complexity index is 793. The zero-order valence-corrected chi connectivity index (χ0v) is 12.4. The lowest BCUT2D eigenvalue weighted by molar-refractivity contribution is 0.0699. The first kappa shape index (κ1) is 13.9. The Labute approximate surface area is 130 Å². The minimum atomic E-state index is -0.925. The molecule has 0 spiro atoms. The van der Waals surface area contributed by atoms with E-state index in [1.54, 1.807) is 24.3 Å². The van der Waals surface area contributed by atoms with Crippen molar-refractivity contribution in [2.45, 2.75) is 6.61 Å². The molecule has 0 aliphatic carbocycles. The average molecular weight is 319 g/mol. The van der Waals surface area contributed by atoms with Gasteiger partial charge < -0.3 is 9.84 Å². The number of hydrogen-bond acceptors (Lipinski definition) is 3. The van der Waals surface area contributed by atoms with Gasteiger partial charge in [0.2, 0.25) is 0 Å². The maximum atomic E-state index is 11.4. The largest absolute Gasteiger partial charge is 0.489 e. The van der Waals surface area contributed by atoms with Gasteiger partial charge in [-0.05, 0) is 35.7 Å². The van der Waals surface area contributed by atoms with Crippen LogP contribution in [0.2, 0.25) is 5.02 Å². The molecule has 0 aliphatic heterocycles. The van der Waals surface area contributed by atoms with Gasteiger partial charge in [0.05, 0.1) is 0 Å². The van der Waals surface area contributed by atoms with Gasteiger partial charge in [-0.2, -0.15) is 0 Å². The van der Waals surface area contributed by atoms with Crippen molar-refractivity contribution in [3.63, 3.8) is 0 Å². The van der Waals surface area contributed by atoms with E-state index in [2.05, 4.69) is 0 Å². The van der Waals surface area contributed by atoms with Crippen LogP contribution in [-0.2, 0) is 6.61 Å². The van der Waals surface area contributed by atoms with Gasteiger partial charge in [-0.15, -0.1) is 11.3 Å². The normalized spacial score (nSPS) is 10.7. The number of fused-ring (bicyclic) bond motifs is 1. The smallest absolute Gasteiger partial charge is 0.346 e. The summed E-state index contributed by atoms with van der Waals surface area (Å²) in [5.41, 5.74) is 0.707. The molecule has 3 aromatic rings. The lowest BCUT2D eigenvalue weighted by atomic mass is 10.1. The van der Waals surface area contributed by atoms with Crippen LogP contribution in [0.15, 0.2) is 48.5 Å². The molecule has 0 amide bonds. The van der Waals surface area contributed by atoms with Crippen molar-refractivity contribution in [2.75, 3.05) is 0 Å². The Morgan fingerprint density at radius 1 is 1.14 bits per heavy atom. The molecule has 1 aromatic heterocycles. The van der Waals surface area contributed by atoms with E-state index in [1.165, 1.54) is 11.3 Å². The third kappa shape index (κ3) is 2.86. The number of carboxylic acid groups (broad SMARTS) is 1. The molecule has 0 radical (unpaired) electrons. The number of aromatic carboxylic acids is 1. The fourth-order valence-corrected chi connectivity index (χ4v) is 3.27. The van der Waals surface area contributed by atoms with E-state index < -0.39 is 5.97 Å². The van der Waals surface area contributed by atoms with E-state index >= 15 is 0 Å². The first-order valence-corrected chi connectivity index (χ1v) is 7.46. The number of carboxylic acids is 1. The molecule has 0 saturated carbocycles. The molecule has 0 bridgehead atoms. The molecule has 1 heterocycles. The minimum absolute atomic E-state index is 0.216. The predicted molar refractivity (Wildman–Crippen MR) is 84.6 cm³/mol. The van der Waals surface area contributed by atoms with Gasteiger partial charge in [0, 0.05) is 15.3 Å². The maximum absolute atomic E-state index is 11.4. The summed E-state index contributed by atoms with van der Waals surface area (Å²) in [5, 5.41) is 10.9. The number of carbonyl (C=O) groups is 1. The lowest BCUT2D eigenvalue weighted by Crippen LogP contribution is -2.02. The van der Waals surface area contributed by atoms with Gasteiger partial charge in [-0.3, -0.25) is 0 Å². The fraction of sp³-hybridized carbons (Fsp3) is 0.0625. The quantitative estimate of drug-likeness (QED) is 0.749. The van der Waals surface area contributed by atoms with Crippen molar-refractivity contribution in [3.8, 4) is 5.75 Å². The number of rotatable bonds is 4. The second-order valence-corrected chi connectivity index (χ2v) is 5.94. The molecule has 21 heavy (non-hydrogen) atoms. The molecule has 106 valence electrons. The molecule has 0 aliphatic rings. The molecule has 0 unspecified atom stereocenters. The zero-order valence-electron chi connectivity index (χ0n) is 10.9. The van der Waals surface area contributed by atoms with Crippen molar-refractivity contribution >= 4 is 39.0 Å². The monoisotopic (exact) mass is 318 g/mol. The number of benzene rings is 2. The summed E-state index contributed by atoms with van der Waals surface area (Å²) in [6.07, 6.45) is 0. The fourth-order valence-electron chi connectivity index (χ4n) is 2.10. The van der Waals surface area contributed by atoms with E-state index in [9.17, 15) is 9.90 Å². The summed E-state index contributed by atoms with van der Waals surface area (Å²) >= 11 is 7.09. The van der Waals surface area contributed by atoms with Crippen LogP contribution in [0.3, 0.4) is 0 Å². The number of halogens is 1. The first-order chi connectivity index (χ1) is 10.1. The van der Waals surface area contributed by atoms with Gasteiger partial charge in [0.1, 0.15) is 17.2 Å². The van der Waals surface area contributed by atoms with Crippen LogP contribution < -0.4 is 4.74 Å². The van der Waals surface area contributed by atoms with Gasteiger partial charge in [-0.25, -0.2) is 4.79 Å². The van der Waals surface area contributed by atoms with Crippen molar-refractivity contribution in [1.82, 2.24) is 0 Å². The summed E-state index contributed by atoms with van der Waals surface area (Å²) < 4.78 is 6.64. The molecule has 0 saturated heterocycles. The molecular weight excluding hydrogens is 308 g/mol. The Hall–Kier alpha value is -2.04. The van der Waals surface area contributed by atoms with Gasteiger partial charge in [-0.1, -0.05) is 29.8 Å².